The number of aliphatic hydroxyl groups is 1. The molecule has 1 aromatic rings. The molecule has 2 atom stereocenters. The molecule has 0 saturated carbocycles. The molecule has 0 spiro atoms. The molecule has 1 rings (SSSR count). The zero-order valence-electron chi connectivity index (χ0n) is 9.79. The lowest BCUT2D eigenvalue weighted by molar-refractivity contribution is 0.111. The highest BCUT2D eigenvalue weighted by Gasteiger charge is 2.18. The normalized spacial score (nSPS) is 15.3. The van der Waals surface area contributed by atoms with E-state index in [0.717, 1.165) is 28.7 Å². The molecule has 0 aromatic carbocycles. The minimum atomic E-state index is -0.230. The first-order chi connectivity index (χ1) is 6.97. The third kappa shape index (κ3) is 2.82. The Hall–Kier alpha value is -0.350. The first-order valence-corrected chi connectivity index (χ1v) is 6.12. The number of aromatic nitrogens is 2. The van der Waals surface area contributed by atoms with E-state index in [1.807, 2.05) is 25.6 Å². The molecule has 0 aliphatic carbocycles. The monoisotopic (exact) mass is 274 g/mol. The lowest BCUT2D eigenvalue weighted by Crippen LogP contribution is -2.20. The summed E-state index contributed by atoms with van der Waals surface area (Å²) in [4.78, 5) is 0. The van der Waals surface area contributed by atoms with Crippen LogP contribution in [0.2, 0.25) is 0 Å². The van der Waals surface area contributed by atoms with Crippen LogP contribution in [0.25, 0.3) is 0 Å². The van der Waals surface area contributed by atoms with Crippen LogP contribution in [-0.4, -0.2) is 21.0 Å². The third-order valence-corrected chi connectivity index (χ3v) is 3.88. The largest absolute Gasteiger partial charge is 0.393 e. The smallest absolute Gasteiger partial charge is 0.0738 e. The molecule has 0 fully saturated rings. The lowest BCUT2D eigenvalue weighted by atomic mass is 9.97. The fraction of sp³-hybridized carbons (Fsp3) is 0.727. The van der Waals surface area contributed by atoms with Gasteiger partial charge in [0.05, 0.1) is 22.0 Å². The zero-order valence-corrected chi connectivity index (χ0v) is 11.4. The second-order valence-electron chi connectivity index (χ2n) is 4.13. The molecule has 0 bridgehead atoms. The van der Waals surface area contributed by atoms with E-state index in [-0.39, 0.29) is 12.0 Å². The predicted molar refractivity (Wildman–Crippen MR) is 64.8 cm³/mol. The van der Waals surface area contributed by atoms with Crippen LogP contribution in [0.5, 0.6) is 0 Å². The van der Waals surface area contributed by atoms with Crippen LogP contribution >= 0.6 is 15.9 Å². The van der Waals surface area contributed by atoms with Crippen LogP contribution in [0.15, 0.2) is 4.47 Å². The van der Waals surface area contributed by atoms with Gasteiger partial charge in [-0.15, -0.1) is 0 Å². The molecular formula is C11H19BrN2O. The second kappa shape index (κ2) is 5.12. The van der Waals surface area contributed by atoms with Gasteiger partial charge in [-0.1, -0.05) is 13.8 Å². The van der Waals surface area contributed by atoms with Crippen molar-refractivity contribution >= 4 is 15.9 Å². The van der Waals surface area contributed by atoms with Crippen LogP contribution in [0.4, 0.5) is 0 Å². The summed E-state index contributed by atoms with van der Waals surface area (Å²) in [6.07, 6.45) is 1.43. The van der Waals surface area contributed by atoms with Crippen molar-refractivity contribution in [3.8, 4) is 0 Å². The van der Waals surface area contributed by atoms with Gasteiger partial charge in [0.15, 0.2) is 0 Å². The molecular weight excluding hydrogens is 256 g/mol. The maximum absolute atomic E-state index is 9.73. The van der Waals surface area contributed by atoms with Gasteiger partial charge in [-0.05, 0) is 41.6 Å². The van der Waals surface area contributed by atoms with Gasteiger partial charge in [-0.2, -0.15) is 5.10 Å². The number of aryl methyl sites for hydroxylation is 2. The highest BCUT2D eigenvalue weighted by Crippen LogP contribution is 2.24. The molecule has 1 heterocycles. The summed E-state index contributed by atoms with van der Waals surface area (Å²) in [6.45, 7) is 6.06. The van der Waals surface area contributed by atoms with Crippen LogP contribution in [-0.2, 0) is 13.5 Å². The molecule has 0 aliphatic heterocycles. The van der Waals surface area contributed by atoms with Crippen molar-refractivity contribution in [1.29, 1.82) is 0 Å². The summed E-state index contributed by atoms with van der Waals surface area (Å²) in [6, 6.07) is 0. The van der Waals surface area contributed by atoms with Gasteiger partial charge in [0, 0.05) is 7.05 Å². The molecule has 86 valence electrons. The lowest BCUT2D eigenvalue weighted by Gasteiger charge is -2.17. The molecule has 15 heavy (non-hydrogen) atoms. The first-order valence-electron chi connectivity index (χ1n) is 5.33. The topological polar surface area (TPSA) is 38.1 Å². The molecule has 0 radical (unpaired) electrons. The fourth-order valence-electron chi connectivity index (χ4n) is 1.75. The van der Waals surface area contributed by atoms with E-state index >= 15 is 0 Å². The zero-order chi connectivity index (χ0) is 11.6. The van der Waals surface area contributed by atoms with Gasteiger partial charge in [-0.25, -0.2) is 0 Å². The highest BCUT2D eigenvalue weighted by atomic mass is 79.9. The Morgan fingerprint density at radius 1 is 1.53 bits per heavy atom. The molecule has 0 aliphatic rings. The van der Waals surface area contributed by atoms with Crippen molar-refractivity contribution in [2.24, 2.45) is 13.0 Å². The van der Waals surface area contributed by atoms with E-state index in [4.69, 9.17) is 0 Å². The fourth-order valence-corrected chi connectivity index (χ4v) is 2.24. The number of hydrogen-bond donors (Lipinski definition) is 1. The van der Waals surface area contributed by atoms with Crippen molar-refractivity contribution in [2.75, 3.05) is 0 Å². The first kappa shape index (κ1) is 12.7. The van der Waals surface area contributed by atoms with E-state index in [2.05, 4.69) is 28.0 Å². The minimum absolute atomic E-state index is 0.230. The van der Waals surface area contributed by atoms with Crippen molar-refractivity contribution in [3.63, 3.8) is 0 Å². The maximum Gasteiger partial charge on any atom is 0.0738 e. The van der Waals surface area contributed by atoms with Crippen molar-refractivity contribution < 1.29 is 5.11 Å². The standard InChI is InChI=1S/C11H19BrN2O/c1-5-10(15)7(2)6-9-11(12)8(3)13-14(9)4/h7,10,15H,5-6H2,1-4H3. The SMILES string of the molecule is CCC(O)C(C)Cc1c(Br)c(C)nn1C. The van der Waals surface area contributed by atoms with Gasteiger partial charge in [-0.3, -0.25) is 4.68 Å². The average Bonchev–Trinajstić information content (AvgIpc) is 2.43. The van der Waals surface area contributed by atoms with Gasteiger partial charge in [0.25, 0.3) is 0 Å². The van der Waals surface area contributed by atoms with E-state index < -0.39 is 0 Å². The van der Waals surface area contributed by atoms with E-state index in [1.165, 1.54) is 0 Å². The molecule has 0 saturated heterocycles. The third-order valence-electron chi connectivity index (χ3n) is 2.85. The van der Waals surface area contributed by atoms with Gasteiger partial charge in [0.1, 0.15) is 0 Å². The van der Waals surface area contributed by atoms with Crippen molar-refractivity contribution in [2.45, 2.75) is 39.7 Å². The Labute approximate surface area is 99.6 Å². The summed E-state index contributed by atoms with van der Waals surface area (Å²) < 4.78 is 2.96. The molecule has 4 heteroatoms. The second-order valence-corrected chi connectivity index (χ2v) is 4.92. The average molecular weight is 275 g/mol. The van der Waals surface area contributed by atoms with Gasteiger partial charge < -0.3 is 5.11 Å². The molecule has 0 amide bonds. The summed E-state index contributed by atoms with van der Waals surface area (Å²) in [7, 11) is 1.94. The number of hydrogen-bond acceptors (Lipinski definition) is 2. The Balaban J connectivity index is 2.80. The van der Waals surface area contributed by atoms with Gasteiger partial charge >= 0.3 is 0 Å². The number of rotatable bonds is 4. The number of halogens is 1. The van der Waals surface area contributed by atoms with E-state index in [0.29, 0.717) is 0 Å². The highest BCUT2D eigenvalue weighted by molar-refractivity contribution is 9.10. The van der Waals surface area contributed by atoms with Crippen molar-refractivity contribution in [3.05, 3.63) is 15.9 Å². The number of nitrogens with zero attached hydrogens (tertiary/aromatic N) is 2. The summed E-state index contributed by atoms with van der Waals surface area (Å²) >= 11 is 3.54. The Bertz CT molecular complexity index is 336. The minimum Gasteiger partial charge on any atom is -0.393 e. The Kier molecular flexibility index (Phi) is 4.34. The molecule has 3 nitrogen and oxygen atoms in total. The molecule has 1 N–H and O–H groups in total. The quantitative estimate of drug-likeness (QED) is 0.916. The van der Waals surface area contributed by atoms with Gasteiger partial charge in [0.2, 0.25) is 0 Å². The number of aliphatic hydroxyl groups excluding tert-OH is 1. The van der Waals surface area contributed by atoms with Crippen LogP contribution in [0.1, 0.15) is 31.7 Å². The van der Waals surface area contributed by atoms with E-state index in [1.54, 1.807) is 0 Å². The predicted octanol–water partition coefficient (Wildman–Crippen LogP) is 2.44. The summed E-state index contributed by atoms with van der Waals surface area (Å²) in [5.41, 5.74) is 2.16. The van der Waals surface area contributed by atoms with Crippen molar-refractivity contribution in [1.82, 2.24) is 9.78 Å². The van der Waals surface area contributed by atoms with Crippen LogP contribution in [0.3, 0.4) is 0 Å². The van der Waals surface area contributed by atoms with Crippen LogP contribution < -0.4 is 0 Å². The Morgan fingerprint density at radius 3 is 2.53 bits per heavy atom. The molecule has 1 aromatic heterocycles. The van der Waals surface area contributed by atoms with E-state index in [9.17, 15) is 5.11 Å². The summed E-state index contributed by atoms with van der Waals surface area (Å²) in [5, 5.41) is 14.1. The molecule has 2 unspecified atom stereocenters. The summed E-state index contributed by atoms with van der Waals surface area (Å²) in [5.74, 6) is 0.265. The Morgan fingerprint density at radius 2 is 2.13 bits per heavy atom. The maximum atomic E-state index is 9.73. The van der Waals surface area contributed by atoms with Crippen LogP contribution in [0, 0.1) is 12.8 Å².